The SMILES string of the molecule is CC=CC(C(C)C)(C(C)C)N(C)C. The molecule has 0 fully saturated rings. The average Bonchev–Trinajstić information content (AvgIpc) is 1.97. The second-order valence-electron chi connectivity index (χ2n) is 4.59. The van der Waals surface area contributed by atoms with Gasteiger partial charge in [-0.2, -0.15) is 0 Å². The van der Waals surface area contributed by atoms with Gasteiger partial charge in [0.25, 0.3) is 0 Å². The molecule has 0 spiro atoms. The summed E-state index contributed by atoms with van der Waals surface area (Å²) in [6.07, 6.45) is 4.50. The monoisotopic (exact) mass is 183 g/mol. The van der Waals surface area contributed by atoms with Crippen molar-refractivity contribution in [3.8, 4) is 0 Å². The Kier molecular flexibility index (Phi) is 4.69. The summed E-state index contributed by atoms with van der Waals surface area (Å²) in [6, 6.07) is 0. The maximum Gasteiger partial charge on any atom is 0.0431 e. The van der Waals surface area contributed by atoms with Crippen LogP contribution >= 0.6 is 0 Å². The lowest BCUT2D eigenvalue weighted by Crippen LogP contribution is -2.51. The van der Waals surface area contributed by atoms with Gasteiger partial charge in [0, 0.05) is 5.54 Å². The molecule has 1 heteroatoms. The first-order chi connectivity index (χ1) is 5.89. The fourth-order valence-corrected chi connectivity index (χ4v) is 2.50. The summed E-state index contributed by atoms with van der Waals surface area (Å²) in [6.45, 7) is 11.3. The van der Waals surface area contributed by atoms with E-state index in [-0.39, 0.29) is 5.54 Å². The smallest absolute Gasteiger partial charge is 0.0431 e. The minimum Gasteiger partial charge on any atom is -0.300 e. The highest BCUT2D eigenvalue weighted by molar-refractivity contribution is 5.09. The molecule has 1 nitrogen and oxygen atoms in total. The van der Waals surface area contributed by atoms with Gasteiger partial charge in [0.05, 0.1) is 0 Å². The van der Waals surface area contributed by atoms with E-state index in [2.05, 4.69) is 65.8 Å². The van der Waals surface area contributed by atoms with E-state index >= 15 is 0 Å². The maximum atomic E-state index is 2.34. The molecule has 0 saturated carbocycles. The molecular weight excluding hydrogens is 158 g/mol. The van der Waals surface area contributed by atoms with E-state index in [4.69, 9.17) is 0 Å². The standard InChI is InChI=1S/C12H25N/c1-8-9-12(10(2)3,11(4)5)13(6)7/h8-11H,1-7H3. The van der Waals surface area contributed by atoms with E-state index in [1.54, 1.807) is 0 Å². The molecule has 0 unspecified atom stereocenters. The highest BCUT2D eigenvalue weighted by Crippen LogP contribution is 2.32. The second kappa shape index (κ2) is 4.80. The molecule has 0 aliphatic rings. The third-order valence-corrected chi connectivity index (χ3v) is 3.06. The quantitative estimate of drug-likeness (QED) is 0.605. The average molecular weight is 183 g/mol. The van der Waals surface area contributed by atoms with Gasteiger partial charge in [0.15, 0.2) is 0 Å². The van der Waals surface area contributed by atoms with Gasteiger partial charge in [-0.3, -0.25) is 4.90 Å². The van der Waals surface area contributed by atoms with Crippen LogP contribution in [-0.2, 0) is 0 Å². The van der Waals surface area contributed by atoms with Gasteiger partial charge in [-0.05, 0) is 32.9 Å². The van der Waals surface area contributed by atoms with Crippen LogP contribution in [-0.4, -0.2) is 24.5 Å². The zero-order valence-electron chi connectivity index (χ0n) is 10.3. The van der Waals surface area contributed by atoms with Crippen LogP contribution in [0.4, 0.5) is 0 Å². The van der Waals surface area contributed by atoms with Crippen LogP contribution < -0.4 is 0 Å². The molecule has 0 aromatic heterocycles. The normalized spacial score (nSPS) is 14.0. The van der Waals surface area contributed by atoms with Gasteiger partial charge in [-0.15, -0.1) is 0 Å². The lowest BCUT2D eigenvalue weighted by Gasteiger charge is -2.45. The molecule has 0 aromatic carbocycles. The van der Waals surface area contributed by atoms with Crippen LogP contribution in [0, 0.1) is 11.8 Å². The molecule has 0 saturated heterocycles. The molecule has 0 rings (SSSR count). The van der Waals surface area contributed by atoms with Crippen molar-refractivity contribution >= 4 is 0 Å². The predicted molar refractivity (Wildman–Crippen MR) is 60.9 cm³/mol. The number of nitrogens with zero attached hydrogens (tertiary/aromatic N) is 1. The topological polar surface area (TPSA) is 3.24 Å². The lowest BCUT2D eigenvalue weighted by molar-refractivity contribution is 0.0944. The first-order valence-electron chi connectivity index (χ1n) is 5.20. The molecule has 0 N–H and O–H groups in total. The van der Waals surface area contributed by atoms with E-state index < -0.39 is 0 Å². The molecule has 13 heavy (non-hydrogen) atoms. The molecule has 0 radical (unpaired) electrons. The molecule has 0 heterocycles. The Morgan fingerprint density at radius 3 is 1.46 bits per heavy atom. The summed E-state index contributed by atoms with van der Waals surface area (Å²) >= 11 is 0. The van der Waals surface area contributed by atoms with E-state index in [0.29, 0.717) is 11.8 Å². The Balaban J connectivity index is 5.05. The summed E-state index contributed by atoms with van der Waals surface area (Å²) < 4.78 is 0. The summed E-state index contributed by atoms with van der Waals surface area (Å²) in [5.41, 5.74) is 0.203. The number of rotatable bonds is 4. The van der Waals surface area contributed by atoms with Crippen molar-refractivity contribution in [1.82, 2.24) is 4.90 Å². The van der Waals surface area contributed by atoms with Crippen molar-refractivity contribution in [2.75, 3.05) is 14.1 Å². The fraction of sp³-hybridized carbons (Fsp3) is 0.833. The largest absolute Gasteiger partial charge is 0.300 e. The molecular formula is C12H25N. The van der Waals surface area contributed by atoms with Crippen LogP contribution in [0.3, 0.4) is 0 Å². The minimum atomic E-state index is 0.203. The maximum absolute atomic E-state index is 2.34. The fourth-order valence-electron chi connectivity index (χ4n) is 2.50. The molecule has 0 bridgehead atoms. The zero-order chi connectivity index (χ0) is 10.6. The summed E-state index contributed by atoms with van der Waals surface area (Å²) in [5.74, 6) is 1.28. The van der Waals surface area contributed by atoms with Crippen LogP contribution in [0.15, 0.2) is 12.2 Å². The van der Waals surface area contributed by atoms with Crippen molar-refractivity contribution in [3.05, 3.63) is 12.2 Å². The predicted octanol–water partition coefficient (Wildman–Crippen LogP) is 3.17. The van der Waals surface area contributed by atoms with Crippen molar-refractivity contribution in [1.29, 1.82) is 0 Å². The summed E-state index contributed by atoms with van der Waals surface area (Å²) in [7, 11) is 4.33. The van der Waals surface area contributed by atoms with Gasteiger partial charge in [-0.25, -0.2) is 0 Å². The van der Waals surface area contributed by atoms with Gasteiger partial charge in [-0.1, -0.05) is 39.8 Å². The Morgan fingerprint density at radius 1 is 1.00 bits per heavy atom. The Bertz CT molecular complexity index is 144. The zero-order valence-corrected chi connectivity index (χ0v) is 10.3. The molecule has 0 aromatic rings. The van der Waals surface area contributed by atoms with E-state index in [1.165, 1.54) is 0 Å². The molecule has 0 amide bonds. The van der Waals surface area contributed by atoms with Crippen LogP contribution in [0.1, 0.15) is 34.6 Å². The van der Waals surface area contributed by atoms with Crippen molar-refractivity contribution in [2.45, 2.75) is 40.2 Å². The molecule has 78 valence electrons. The first-order valence-corrected chi connectivity index (χ1v) is 5.20. The van der Waals surface area contributed by atoms with Crippen molar-refractivity contribution < 1.29 is 0 Å². The van der Waals surface area contributed by atoms with E-state index in [1.807, 2.05) is 0 Å². The molecule has 0 atom stereocenters. The van der Waals surface area contributed by atoms with E-state index in [0.717, 1.165) is 0 Å². The van der Waals surface area contributed by atoms with Crippen molar-refractivity contribution in [2.24, 2.45) is 11.8 Å². The third-order valence-electron chi connectivity index (χ3n) is 3.06. The Labute approximate surface area is 83.8 Å². The highest BCUT2D eigenvalue weighted by Gasteiger charge is 2.36. The second-order valence-corrected chi connectivity index (χ2v) is 4.59. The van der Waals surface area contributed by atoms with Gasteiger partial charge < -0.3 is 0 Å². The Hall–Kier alpha value is -0.300. The van der Waals surface area contributed by atoms with Gasteiger partial charge >= 0.3 is 0 Å². The minimum absolute atomic E-state index is 0.203. The summed E-state index contributed by atoms with van der Waals surface area (Å²) in [5, 5.41) is 0. The Morgan fingerprint density at radius 2 is 1.38 bits per heavy atom. The van der Waals surface area contributed by atoms with Crippen LogP contribution in [0.25, 0.3) is 0 Å². The van der Waals surface area contributed by atoms with Crippen molar-refractivity contribution in [3.63, 3.8) is 0 Å². The number of hydrogen-bond acceptors (Lipinski definition) is 1. The van der Waals surface area contributed by atoms with Crippen LogP contribution in [0.2, 0.25) is 0 Å². The third kappa shape index (κ3) is 2.34. The number of allylic oxidation sites excluding steroid dienone is 1. The van der Waals surface area contributed by atoms with Crippen LogP contribution in [0.5, 0.6) is 0 Å². The van der Waals surface area contributed by atoms with Gasteiger partial charge in [0.1, 0.15) is 0 Å². The number of hydrogen-bond donors (Lipinski definition) is 0. The lowest BCUT2D eigenvalue weighted by atomic mass is 9.75. The highest BCUT2D eigenvalue weighted by atomic mass is 15.1. The van der Waals surface area contributed by atoms with Gasteiger partial charge in [0.2, 0.25) is 0 Å². The molecule has 0 aliphatic heterocycles. The number of likely N-dealkylation sites (N-methyl/N-ethyl adjacent to an activating group) is 1. The van der Waals surface area contributed by atoms with E-state index in [9.17, 15) is 0 Å². The first kappa shape index (κ1) is 12.7. The molecule has 0 aliphatic carbocycles. The summed E-state index contributed by atoms with van der Waals surface area (Å²) in [4.78, 5) is 2.34.